The summed E-state index contributed by atoms with van der Waals surface area (Å²) in [6.07, 6.45) is 0.953. The summed E-state index contributed by atoms with van der Waals surface area (Å²) in [6, 6.07) is 9.73. The van der Waals surface area contributed by atoms with Crippen LogP contribution in [0, 0.1) is 18.6 Å². The Hall–Kier alpha value is -3.66. The number of halogens is 2. The van der Waals surface area contributed by atoms with E-state index in [0.29, 0.717) is 28.3 Å². The van der Waals surface area contributed by atoms with Gasteiger partial charge in [0.1, 0.15) is 17.3 Å². The van der Waals surface area contributed by atoms with Crippen molar-refractivity contribution < 1.29 is 18.4 Å². The van der Waals surface area contributed by atoms with Gasteiger partial charge in [0, 0.05) is 69.1 Å². The van der Waals surface area contributed by atoms with Gasteiger partial charge in [-0.15, -0.1) is 0 Å². The summed E-state index contributed by atoms with van der Waals surface area (Å²) in [6.45, 7) is 6.56. The number of piperazine rings is 1. The molecule has 3 amide bonds. The van der Waals surface area contributed by atoms with E-state index in [9.17, 15) is 18.4 Å². The minimum atomic E-state index is -0.459. The topological polar surface area (TPSA) is 74.9 Å². The van der Waals surface area contributed by atoms with Gasteiger partial charge < -0.3 is 25.0 Å². The van der Waals surface area contributed by atoms with Gasteiger partial charge in [-0.1, -0.05) is 6.07 Å². The summed E-state index contributed by atoms with van der Waals surface area (Å²) in [5.41, 5.74) is 2.68. The van der Waals surface area contributed by atoms with E-state index in [1.54, 1.807) is 17.0 Å². The molecule has 194 valence electrons. The van der Waals surface area contributed by atoms with Crippen LogP contribution in [0.2, 0.25) is 0 Å². The number of rotatable bonds is 4. The first kappa shape index (κ1) is 23.7. The Bertz CT molecular complexity index is 1350. The highest BCUT2D eigenvalue weighted by molar-refractivity contribution is 6.06. The third kappa shape index (κ3) is 4.29. The van der Waals surface area contributed by atoms with Crippen LogP contribution in [0.15, 0.2) is 36.4 Å². The van der Waals surface area contributed by atoms with Gasteiger partial charge in [-0.05, 0) is 49.2 Å². The monoisotopic (exact) mass is 508 g/mol. The van der Waals surface area contributed by atoms with E-state index >= 15 is 0 Å². The molecule has 8 nitrogen and oxygen atoms in total. The molecule has 3 aromatic rings. The van der Waals surface area contributed by atoms with Crippen LogP contribution in [0.3, 0.4) is 0 Å². The van der Waals surface area contributed by atoms with Crippen LogP contribution in [0.1, 0.15) is 22.5 Å². The van der Waals surface area contributed by atoms with Gasteiger partial charge in [0.25, 0.3) is 5.91 Å². The highest BCUT2D eigenvalue weighted by Crippen LogP contribution is 2.30. The lowest BCUT2D eigenvalue weighted by atomic mass is 10.1. The zero-order valence-corrected chi connectivity index (χ0v) is 20.9. The highest BCUT2D eigenvalue weighted by atomic mass is 19.1. The van der Waals surface area contributed by atoms with Crippen molar-refractivity contribution in [2.75, 3.05) is 56.5 Å². The molecule has 0 radical (unpaired) electrons. The van der Waals surface area contributed by atoms with Gasteiger partial charge in [-0.25, -0.2) is 13.6 Å². The van der Waals surface area contributed by atoms with Gasteiger partial charge in [0.15, 0.2) is 0 Å². The number of hydrogen-bond acceptors (Lipinski definition) is 4. The highest BCUT2D eigenvalue weighted by Gasteiger charge is 2.41. The third-order valence-electron chi connectivity index (χ3n) is 7.95. The molecule has 1 aromatic heterocycles. The number of anilines is 2. The maximum absolute atomic E-state index is 14.6. The zero-order chi connectivity index (χ0) is 25.8. The number of nitrogens with zero attached hydrogens (tertiary/aromatic N) is 4. The molecule has 0 spiro atoms. The van der Waals surface area contributed by atoms with Crippen LogP contribution < -0.4 is 10.2 Å². The lowest BCUT2D eigenvalue weighted by Crippen LogP contribution is -2.55. The minimum absolute atomic E-state index is 0.111. The number of fused-ring (bicyclic) bond motifs is 2. The Morgan fingerprint density at radius 1 is 1.03 bits per heavy atom. The van der Waals surface area contributed by atoms with E-state index in [2.05, 4.69) is 20.1 Å². The number of likely N-dealkylation sites (N-methyl/N-ethyl adjacent to an activating group) is 1. The lowest BCUT2D eigenvalue weighted by Gasteiger charge is -2.39. The predicted octanol–water partition coefficient (Wildman–Crippen LogP) is 3.64. The molecule has 0 bridgehead atoms. The van der Waals surface area contributed by atoms with Gasteiger partial charge in [-0.3, -0.25) is 9.69 Å². The number of amides is 3. The summed E-state index contributed by atoms with van der Waals surface area (Å²) >= 11 is 0. The third-order valence-corrected chi connectivity index (χ3v) is 7.95. The second-order valence-corrected chi connectivity index (χ2v) is 10.4. The second-order valence-electron chi connectivity index (χ2n) is 10.4. The summed E-state index contributed by atoms with van der Waals surface area (Å²) in [5, 5.41) is 3.11. The van der Waals surface area contributed by atoms with Crippen LogP contribution in [0.4, 0.5) is 25.0 Å². The molecule has 2 aromatic carbocycles. The Balaban J connectivity index is 1.14. The molecule has 0 saturated carbocycles. The van der Waals surface area contributed by atoms with Crippen molar-refractivity contribution in [3.8, 4) is 0 Å². The molecule has 2 atom stereocenters. The Morgan fingerprint density at radius 2 is 1.86 bits per heavy atom. The fraction of sp³-hybridized carbons (Fsp3) is 0.407. The number of benzene rings is 2. The van der Waals surface area contributed by atoms with Crippen LogP contribution in [-0.4, -0.2) is 90.0 Å². The fourth-order valence-corrected chi connectivity index (χ4v) is 5.98. The number of aromatic amines is 1. The summed E-state index contributed by atoms with van der Waals surface area (Å²) in [5.74, 6) is -1.30. The second kappa shape index (κ2) is 9.02. The number of H-pyrrole nitrogens is 1. The lowest BCUT2D eigenvalue weighted by molar-refractivity contribution is 0.0947. The number of carbonyl (C=O) groups is 2. The molecule has 3 aliphatic rings. The standard InChI is InChI=1S/C27H30F2N6O2/c1-16-3-4-23(29)22-12-24(31-25(16)22)26(36)30-18-9-17(28)10-20(11-18)33-6-5-19(14-33)34-7-8-35-21(15-34)13-32(2)27(35)37/h3-4,9-12,19,21,31H,5-8,13-15H2,1-2H3,(H,30,36)/t19-,21-/m0/s1. The van der Waals surface area contributed by atoms with Crippen LogP contribution in [0.5, 0.6) is 0 Å². The van der Waals surface area contributed by atoms with Crippen molar-refractivity contribution in [3.05, 3.63) is 59.3 Å². The van der Waals surface area contributed by atoms with Gasteiger partial charge in [0.05, 0.1) is 11.6 Å². The van der Waals surface area contributed by atoms with Crippen molar-refractivity contribution in [3.63, 3.8) is 0 Å². The minimum Gasteiger partial charge on any atom is -0.370 e. The average molecular weight is 509 g/mol. The molecule has 6 rings (SSSR count). The number of urea groups is 1. The predicted molar refractivity (Wildman–Crippen MR) is 138 cm³/mol. The van der Waals surface area contributed by atoms with Gasteiger partial charge >= 0.3 is 6.03 Å². The molecule has 4 heterocycles. The van der Waals surface area contributed by atoms with Crippen molar-refractivity contribution in [1.29, 1.82) is 0 Å². The van der Waals surface area contributed by atoms with Crippen LogP contribution in [-0.2, 0) is 0 Å². The van der Waals surface area contributed by atoms with Crippen molar-refractivity contribution in [1.82, 2.24) is 19.7 Å². The molecule has 0 aliphatic carbocycles. The molecule has 0 unspecified atom stereocenters. The van der Waals surface area contributed by atoms with Crippen molar-refractivity contribution in [2.24, 2.45) is 0 Å². The Labute approximate surface area is 213 Å². The van der Waals surface area contributed by atoms with Crippen LogP contribution >= 0.6 is 0 Å². The molecular formula is C27H30F2N6O2. The quantitative estimate of drug-likeness (QED) is 0.565. The molecule has 3 aliphatic heterocycles. The summed E-state index contributed by atoms with van der Waals surface area (Å²) in [4.78, 5) is 36.5. The summed E-state index contributed by atoms with van der Waals surface area (Å²) in [7, 11) is 1.85. The Morgan fingerprint density at radius 3 is 2.68 bits per heavy atom. The molecule has 2 N–H and O–H groups in total. The molecular weight excluding hydrogens is 478 g/mol. The maximum Gasteiger partial charge on any atom is 0.320 e. The average Bonchev–Trinajstić information content (AvgIpc) is 3.60. The smallest absolute Gasteiger partial charge is 0.320 e. The first-order valence-electron chi connectivity index (χ1n) is 12.7. The van der Waals surface area contributed by atoms with Crippen LogP contribution in [0.25, 0.3) is 10.9 Å². The van der Waals surface area contributed by atoms with Crippen molar-refractivity contribution in [2.45, 2.75) is 25.4 Å². The van der Waals surface area contributed by atoms with Crippen molar-refractivity contribution >= 4 is 34.2 Å². The fourth-order valence-electron chi connectivity index (χ4n) is 5.98. The largest absolute Gasteiger partial charge is 0.370 e. The SMILES string of the molecule is Cc1ccc(F)c2cc(C(=O)Nc3cc(F)cc(N4CC[C@H](N5CCN6C(=O)N(C)C[C@H]6C5)C4)c3)[nH]c12. The molecule has 10 heteroatoms. The zero-order valence-electron chi connectivity index (χ0n) is 20.9. The van der Waals surface area contributed by atoms with E-state index in [1.165, 1.54) is 24.3 Å². The molecule has 3 saturated heterocycles. The molecule has 3 fully saturated rings. The van der Waals surface area contributed by atoms with E-state index < -0.39 is 17.5 Å². The number of nitrogens with one attached hydrogen (secondary N) is 2. The number of aryl methyl sites for hydroxylation is 1. The molecule has 37 heavy (non-hydrogen) atoms. The summed E-state index contributed by atoms with van der Waals surface area (Å²) < 4.78 is 28.8. The van der Waals surface area contributed by atoms with E-state index in [0.717, 1.165) is 51.3 Å². The van der Waals surface area contributed by atoms with E-state index in [-0.39, 0.29) is 17.8 Å². The Kier molecular flexibility index (Phi) is 5.78. The van der Waals surface area contributed by atoms with E-state index in [4.69, 9.17) is 0 Å². The number of hydrogen-bond donors (Lipinski definition) is 2. The first-order chi connectivity index (χ1) is 17.8. The van der Waals surface area contributed by atoms with Gasteiger partial charge in [0.2, 0.25) is 0 Å². The van der Waals surface area contributed by atoms with E-state index in [1.807, 2.05) is 18.9 Å². The number of carbonyl (C=O) groups excluding carboxylic acids is 2. The number of aromatic nitrogens is 1. The van der Waals surface area contributed by atoms with Gasteiger partial charge in [-0.2, -0.15) is 0 Å². The normalized spacial score (nSPS) is 22.3. The maximum atomic E-state index is 14.6. The first-order valence-corrected chi connectivity index (χ1v) is 12.7.